The Balaban J connectivity index is 2.48. The van der Waals surface area contributed by atoms with Crippen molar-refractivity contribution in [2.45, 2.75) is 6.18 Å². The average molecular weight is 319 g/mol. The third-order valence-corrected chi connectivity index (χ3v) is 2.81. The molecular formula is C12H10ClF3N4O. The van der Waals surface area contributed by atoms with Gasteiger partial charge in [-0.25, -0.2) is 9.97 Å². The van der Waals surface area contributed by atoms with Gasteiger partial charge in [0.1, 0.15) is 6.33 Å². The molecule has 2 aromatic rings. The standard InChI is InChI=1S/C12H10ClF3N4O/c1-21-9-10(17)18-5-19-11(9)20-8-3-2-6(13)4-7(8)12(14,15)16/h2-5H,1H3,(H3,17,18,19,20). The van der Waals surface area contributed by atoms with Crippen LogP contribution in [0.4, 0.5) is 30.5 Å². The van der Waals surface area contributed by atoms with Crippen LogP contribution in [0.5, 0.6) is 5.75 Å². The first-order chi connectivity index (χ1) is 9.82. The number of nitrogens with two attached hydrogens (primary N) is 1. The van der Waals surface area contributed by atoms with Crippen molar-refractivity contribution in [3.8, 4) is 5.75 Å². The van der Waals surface area contributed by atoms with Crippen molar-refractivity contribution in [3.63, 3.8) is 0 Å². The fourth-order valence-electron chi connectivity index (χ4n) is 1.67. The highest BCUT2D eigenvalue weighted by Crippen LogP contribution is 2.39. The van der Waals surface area contributed by atoms with E-state index >= 15 is 0 Å². The normalized spacial score (nSPS) is 11.3. The number of anilines is 3. The first kappa shape index (κ1) is 15.2. The Morgan fingerprint density at radius 1 is 1.29 bits per heavy atom. The molecule has 1 aromatic heterocycles. The van der Waals surface area contributed by atoms with Crippen LogP contribution in [0.25, 0.3) is 0 Å². The molecule has 0 aliphatic heterocycles. The molecule has 0 unspecified atom stereocenters. The molecule has 0 atom stereocenters. The maximum Gasteiger partial charge on any atom is 0.418 e. The van der Waals surface area contributed by atoms with Crippen LogP contribution < -0.4 is 15.8 Å². The summed E-state index contributed by atoms with van der Waals surface area (Å²) < 4.78 is 44.0. The predicted octanol–water partition coefficient (Wildman–Crippen LogP) is 3.48. The van der Waals surface area contributed by atoms with Gasteiger partial charge in [0.25, 0.3) is 0 Å². The number of hydrogen-bond acceptors (Lipinski definition) is 5. The highest BCUT2D eigenvalue weighted by Gasteiger charge is 2.34. The number of nitrogens with zero attached hydrogens (tertiary/aromatic N) is 2. The molecule has 0 amide bonds. The topological polar surface area (TPSA) is 73.1 Å². The van der Waals surface area contributed by atoms with Gasteiger partial charge in [-0.15, -0.1) is 0 Å². The maximum absolute atomic E-state index is 13.0. The van der Waals surface area contributed by atoms with Crippen molar-refractivity contribution in [1.82, 2.24) is 9.97 Å². The second-order valence-corrected chi connectivity index (χ2v) is 4.39. The summed E-state index contributed by atoms with van der Waals surface area (Å²) in [6.07, 6.45) is -3.46. The molecule has 0 fully saturated rings. The average Bonchev–Trinajstić information content (AvgIpc) is 2.40. The largest absolute Gasteiger partial charge is 0.490 e. The lowest BCUT2D eigenvalue weighted by Crippen LogP contribution is -2.10. The molecule has 21 heavy (non-hydrogen) atoms. The zero-order valence-electron chi connectivity index (χ0n) is 10.7. The van der Waals surface area contributed by atoms with Crippen LogP contribution in [0.2, 0.25) is 5.02 Å². The highest BCUT2D eigenvalue weighted by atomic mass is 35.5. The van der Waals surface area contributed by atoms with Gasteiger partial charge in [-0.1, -0.05) is 11.6 Å². The van der Waals surface area contributed by atoms with Crippen LogP contribution in [0.15, 0.2) is 24.5 Å². The highest BCUT2D eigenvalue weighted by molar-refractivity contribution is 6.30. The zero-order chi connectivity index (χ0) is 15.6. The molecule has 0 saturated heterocycles. The van der Waals surface area contributed by atoms with Crippen molar-refractivity contribution >= 4 is 28.9 Å². The Labute approximate surface area is 122 Å². The number of alkyl halides is 3. The van der Waals surface area contributed by atoms with Gasteiger partial charge in [-0.05, 0) is 18.2 Å². The monoisotopic (exact) mass is 318 g/mol. The molecular weight excluding hydrogens is 309 g/mol. The first-order valence-corrected chi connectivity index (χ1v) is 5.99. The summed E-state index contributed by atoms with van der Waals surface area (Å²) in [5.74, 6) is 0.0934. The van der Waals surface area contributed by atoms with Crippen molar-refractivity contribution in [2.75, 3.05) is 18.2 Å². The van der Waals surface area contributed by atoms with Crippen molar-refractivity contribution in [1.29, 1.82) is 0 Å². The zero-order valence-corrected chi connectivity index (χ0v) is 11.5. The Bertz CT molecular complexity index is 663. The Hall–Kier alpha value is -2.22. The second kappa shape index (κ2) is 5.65. The Morgan fingerprint density at radius 3 is 2.62 bits per heavy atom. The van der Waals surface area contributed by atoms with E-state index in [0.717, 1.165) is 12.4 Å². The fourth-order valence-corrected chi connectivity index (χ4v) is 1.84. The molecule has 0 saturated carbocycles. The lowest BCUT2D eigenvalue weighted by molar-refractivity contribution is -0.136. The van der Waals surface area contributed by atoms with E-state index in [9.17, 15) is 13.2 Å². The number of ether oxygens (including phenoxy) is 1. The van der Waals surface area contributed by atoms with Crippen molar-refractivity contribution < 1.29 is 17.9 Å². The SMILES string of the molecule is COc1c(N)ncnc1Nc1ccc(Cl)cc1C(F)(F)F. The first-order valence-electron chi connectivity index (χ1n) is 5.61. The summed E-state index contributed by atoms with van der Waals surface area (Å²) in [5.41, 5.74) is 4.43. The second-order valence-electron chi connectivity index (χ2n) is 3.95. The minimum absolute atomic E-state index is 0.0116. The summed E-state index contributed by atoms with van der Waals surface area (Å²) in [6.45, 7) is 0. The van der Waals surface area contributed by atoms with Crippen LogP contribution in [-0.2, 0) is 6.18 Å². The summed E-state index contributed by atoms with van der Waals surface area (Å²) >= 11 is 5.61. The number of aromatic nitrogens is 2. The van der Waals surface area contributed by atoms with Gasteiger partial charge in [0.15, 0.2) is 11.6 Å². The number of halogens is 4. The van der Waals surface area contributed by atoms with Crippen LogP contribution in [0.3, 0.4) is 0 Å². The summed E-state index contributed by atoms with van der Waals surface area (Å²) in [5, 5.41) is 2.51. The summed E-state index contributed by atoms with van der Waals surface area (Å²) in [6, 6.07) is 3.35. The fraction of sp³-hybridized carbons (Fsp3) is 0.167. The van der Waals surface area contributed by atoms with E-state index in [-0.39, 0.29) is 28.1 Å². The van der Waals surface area contributed by atoms with Gasteiger partial charge >= 0.3 is 6.18 Å². The molecule has 9 heteroatoms. The number of hydrogen-bond donors (Lipinski definition) is 2. The number of nitrogens with one attached hydrogen (secondary N) is 1. The van der Waals surface area contributed by atoms with E-state index in [1.807, 2.05) is 0 Å². The number of nitrogen functional groups attached to an aromatic ring is 1. The quantitative estimate of drug-likeness (QED) is 0.906. The third-order valence-electron chi connectivity index (χ3n) is 2.58. The molecule has 0 radical (unpaired) electrons. The number of rotatable bonds is 3. The Kier molecular flexibility index (Phi) is 4.08. The minimum atomic E-state index is -4.57. The van der Waals surface area contributed by atoms with Crippen molar-refractivity contribution in [3.05, 3.63) is 35.1 Å². The van der Waals surface area contributed by atoms with E-state index in [1.54, 1.807) is 0 Å². The smallest absolute Gasteiger partial charge is 0.418 e. The van der Waals surface area contributed by atoms with Crippen molar-refractivity contribution in [2.24, 2.45) is 0 Å². The maximum atomic E-state index is 13.0. The van der Waals surface area contributed by atoms with Crippen LogP contribution in [-0.4, -0.2) is 17.1 Å². The summed E-state index contributed by atoms with van der Waals surface area (Å²) in [4.78, 5) is 7.52. The van der Waals surface area contributed by atoms with Crippen LogP contribution >= 0.6 is 11.6 Å². The van der Waals surface area contributed by atoms with E-state index in [0.29, 0.717) is 0 Å². The molecule has 0 aliphatic carbocycles. The van der Waals surface area contributed by atoms with E-state index < -0.39 is 11.7 Å². The lowest BCUT2D eigenvalue weighted by atomic mass is 10.1. The van der Waals surface area contributed by atoms with Gasteiger partial charge in [0.05, 0.1) is 18.4 Å². The molecule has 0 spiro atoms. The number of benzene rings is 1. The van der Waals surface area contributed by atoms with Gasteiger partial charge in [-0.3, -0.25) is 0 Å². The molecule has 112 valence electrons. The van der Waals surface area contributed by atoms with Gasteiger partial charge in [0.2, 0.25) is 5.75 Å². The summed E-state index contributed by atoms with van der Waals surface area (Å²) in [7, 11) is 1.31. The molecule has 1 heterocycles. The Morgan fingerprint density at radius 2 is 2.00 bits per heavy atom. The number of methoxy groups -OCH3 is 1. The van der Waals surface area contributed by atoms with E-state index in [1.165, 1.54) is 19.2 Å². The molecule has 0 aliphatic rings. The molecule has 3 N–H and O–H groups in total. The molecule has 5 nitrogen and oxygen atoms in total. The van der Waals surface area contributed by atoms with E-state index in [4.69, 9.17) is 22.1 Å². The molecule has 1 aromatic carbocycles. The lowest BCUT2D eigenvalue weighted by Gasteiger charge is -2.16. The van der Waals surface area contributed by atoms with Crippen LogP contribution in [0.1, 0.15) is 5.56 Å². The van der Waals surface area contributed by atoms with Gasteiger partial charge < -0.3 is 15.8 Å². The molecule has 2 rings (SSSR count). The van der Waals surface area contributed by atoms with Crippen LogP contribution in [0, 0.1) is 0 Å². The van der Waals surface area contributed by atoms with E-state index in [2.05, 4.69) is 15.3 Å². The van der Waals surface area contributed by atoms with Gasteiger partial charge in [0, 0.05) is 5.02 Å². The molecule has 0 bridgehead atoms. The van der Waals surface area contributed by atoms with Gasteiger partial charge in [-0.2, -0.15) is 13.2 Å². The third kappa shape index (κ3) is 3.27. The minimum Gasteiger partial charge on any atom is -0.490 e. The predicted molar refractivity (Wildman–Crippen MR) is 72.7 cm³/mol.